The molecule has 0 bridgehead atoms. The van der Waals surface area contributed by atoms with Gasteiger partial charge in [-0.05, 0) is 13.0 Å². The predicted molar refractivity (Wildman–Crippen MR) is 87.0 cm³/mol. The predicted octanol–water partition coefficient (Wildman–Crippen LogP) is 3.40. The molecule has 0 unspecified atom stereocenters. The fraction of sp³-hybridized carbons (Fsp3) is 0.333. The molecule has 3 aromatic rings. The van der Waals surface area contributed by atoms with Crippen molar-refractivity contribution < 1.29 is 22.4 Å². The fourth-order valence-corrected chi connectivity index (χ4v) is 2.69. The number of halogens is 5. The first-order chi connectivity index (χ1) is 12.8. The van der Waals surface area contributed by atoms with E-state index < -0.39 is 30.1 Å². The average Bonchev–Trinajstić information content (AvgIpc) is 3.21. The number of alkyl halides is 4. The van der Waals surface area contributed by atoms with Gasteiger partial charge in [-0.25, -0.2) is 27.1 Å². The third-order valence-electron chi connectivity index (χ3n) is 3.77. The molecule has 7 nitrogen and oxygen atoms in total. The van der Waals surface area contributed by atoms with Gasteiger partial charge in [0.15, 0.2) is 11.3 Å². The molecule has 3 aromatic heterocycles. The molecule has 0 fully saturated rings. The van der Waals surface area contributed by atoms with E-state index in [1.165, 1.54) is 6.20 Å². The molecule has 0 aromatic carbocycles. The molecule has 0 saturated carbocycles. The van der Waals surface area contributed by atoms with E-state index in [2.05, 4.69) is 20.5 Å². The largest absolute Gasteiger partial charge is 0.345 e. The lowest BCUT2D eigenvalue weighted by atomic mass is 10.3. The number of carbonyl (C=O) groups is 1. The van der Waals surface area contributed by atoms with E-state index in [4.69, 9.17) is 11.6 Å². The Morgan fingerprint density at radius 2 is 2.00 bits per heavy atom. The maximum absolute atomic E-state index is 13.2. The maximum Gasteiger partial charge on any atom is 0.280 e. The van der Waals surface area contributed by atoms with Gasteiger partial charge in [0.2, 0.25) is 0 Å². The van der Waals surface area contributed by atoms with Crippen LogP contribution < -0.4 is 5.32 Å². The van der Waals surface area contributed by atoms with Crippen LogP contribution in [-0.2, 0) is 13.1 Å². The second kappa shape index (κ2) is 7.51. The van der Waals surface area contributed by atoms with Crippen molar-refractivity contribution in [2.75, 3.05) is 0 Å². The molecule has 1 amide bonds. The quantitative estimate of drug-likeness (QED) is 0.639. The van der Waals surface area contributed by atoms with E-state index in [9.17, 15) is 22.4 Å². The highest BCUT2D eigenvalue weighted by atomic mass is 35.5. The first-order valence-electron chi connectivity index (χ1n) is 7.77. The summed E-state index contributed by atoms with van der Waals surface area (Å²) in [6, 6.07) is 1.63. The van der Waals surface area contributed by atoms with Crippen molar-refractivity contribution >= 4 is 23.2 Å². The molecule has 27 heavy (non-hydrogen) atoms. The molecule has 12 heteroatoms. The second-order valence-electron chi connectivity index (χ2n) is 5.44. The van der Waals surface area contributed by atoms with Gasteiger partial charge in [-0.3, -0.25) is 9.48 Å². The number of hydrogen-bond acceptors (Lipinski definition) is 4. The summed E-state index contributed by atoms with van der Waals surface area (Å²) in [6.45, 7) is 2.40. The molecule has 144 valence electrons. The van der Waals surface area contributed by atoms with E-state index in [-0.39, 0.29) is 17.9 Å². The monoisotopic (exact) mass is 404 g/mol. The number of aromatic nitrogens is 5. The minimum absolute atomic E-state index is 0.0246. The summed E-state index contributed by atoms with van der Waals surface area (Å²) in [5.74, 6) is -0.695. The Bertz CT molecular complexity index is 986. The molecule has 0 aliphatic rings. The Labute approximate surface area is 154 Å². The molecular formula is C15H13ClF4N6O. The Morgan fingerprint density at radius 1 is 1.26 bits per heavy atom. The Balaban J connectivity index is 1.89. The van der Waals surface area contributed by atoms with Gasteiger partial charge in [0.05, 0.1) is 23.5 Å². The number of amides is 1. The summed E-state index contributed by atoms with van der Waals surface area (Å²) in [5, 5.41) is 10.7. The van der Waals surface area contributed by atoms with Crippen LogP contribution in [0.15, 0.2) is 18.3 Å². The summed E-state index contributed by atoms with van der Waals surface area (Å²) in [7, 11) is 0. The number of rotatable bonds is 6. The number of nitrogens with zero attached hydrogens (tertiary/aromatic N) is 5. The zero-order valence-electron chi connectivity index (χ0n) is 13.8. The second-order valence-corrected chi connectivity index (χ2v) is 5.85. The molecule has 0 aliphatic carbocycles. The van der Waals surface area contributed by atoms with E-state index >= 15 is 0 Å². The first kappa shape index (κ1) is 19.1. The van der Waals surface area contributed by atoms with Gasteiger partial charge in [0, 0.05) is 12.6 Å². The lowest BCUT2D eigenvalue weighted by Crippen LogP contribution is -2.25. The topological polar surface area (TPSA) is 77.1 Å². The minimum Gasteiger partial charge on any atom is -0.345 e. The summed E-state index contributed by atoms with van der Waals surface area (Å²) < 4.78 is 54.3. The average molecular weight is 405 g/mol. The summed E-state index contributed by atoms with van der Waals surface area (Å²) in [4.78, 5) is 15.9. The highest BCUT2D eigenvalue weighted by Gasteiger charge is 2.22. The molecule has 0 aliphatic heterocycles. The molecule has 0 atom stereocenters. The zero-order valence-corrected chi connectivity index (χ0v) is 14.6. The zero-order chi connectivity index (χ0) is 19.7. The molecule has 0 spiro atoms. The van der Waals surface area contributed by atoms with Gasteiger partial charge in [0.1, 0.15) is 11.4 Å². The van der Waals surface area contributed by atoms with Crippen LogP contribution in [0, 0.1) is 0 Å². The number of hydrogen-bond donors (Lipinski definition) is 1. The number of carbonyl (C=O) groups excluding carboxylic acids is 1. The molecule has 3 heterocycles. The Morgan fingerprint density at radius 3 is 2.63 bits per heavy atom. The molecule has 1 N–H and O–H groups in total. The van der Waals surface area contributed by atoms with Crippen LogP contribution in [0.1, 0.15) is 47.3 Å². The highest BCUT2D eigenvalue weighted by Crippen LogP contribution is 2.25. The van der Waals surface area contributed by atoms with Gasteiger partial charge in [0.25, 0.3) is 18.8 Å². The van der Waals surface area contributed by atoms with Crippen LogP contribution in [0.25, 0.3) is 5.65 Å². The highest BCUT2D eigenvalue weighted by molar-refractivity contribution is 6.31. The number of nitrogens with one attached hydrogen (secondary N) is 1. The van der Waals surface area contributed by atoms with E-state index in [1.807, 2.05) is 6.92 Å². The number of aryl methyl sites for hydroxylation is 1. The van der Waals surface area contributed by atoms with Crippen LogP contribution in [0.2, 0.25) is 5.02 Å². The van der Waals surface area contributed by atoms with Crippen LogP contribution in [0.5, 0.6) is 0 Å². The number of fused-ring (bicyclic) bond motifs is 1. The third-order valence-corrected chi connectivity index (χ3v) is 4.08. The van der Waals surface area contributed by atoms with E-state index in [0.717, 1.165) is 6.07 Å². The summed E-state index contributed by atoms with van der Waals surface area (Å²) >= 11 is 6.00. The van der Waals surface area contributed by atoms with Crippen molar-refractivity contribution in [3.63, 3.8) is 0 Å². The van der Waals surface area contributed by atoms with Crippen molar-refractivity contribution in [2.45, 2.75) is 32.9 Å². The van der Waals surface area contributed by atoms with Crippen molar-refractivity contribution in [3.05, 3.63) is 46.1 Å². The van der Waals surface area contributed by atoms with E-state index in [0.29, 0.717) is 27.8 Å². The van der Waals surface area contributed by atoms with Crippen LogP contribution >= 0.6 is 11.6 Å². The van der Waals surface area contributed by atoms with E-state index in [1.54, 1.807) is 4.68 Å². The Hall–Kier alpha value is -2.69. The Kier molecular flexibility index (Phi) is 5.31. The van der Waals surface area contributed by atoms with Gasteiger partial charge in [-0.2, -0.15) is 10.2 Å². The molecular weight excluding hydrogens is 392 g/mol. The van der Waals surface area contributed by atoms with Crippen LogP contribution in [0.3, 0.4) is 0 Å². The summed E-state index contributed by atoms with van der Waals surface area (Å²) in [5.41, 5.74) is -1.55. The van der Waals surface area contributed by atoms with Crippen molar-refractivity contribution in [3.8, 4) is 0 Å². The minimum atomic E-state index is -3.07. The van der Waals surface area contributed by atoms with Crippen molar-refractivity contribution in [1.29, 1.82) is 0 Å². The SMILES string of the molecule is CCn1ncc(Cl)c1CNC(=O)c1cc2nc(C(F)F)cc(C(F)F)n2n1. The lowest BCUT2D eigenvalue weighted by Gasteiger charge is -2.07. The molecule has 0 saturated heterocycles. The molecule has 0 radical (unpaired) electrons. The normalized spacial score (nSPS) is 11.7. The standard InChI is InChI=1S/C15H13ClF4N6O/c1-2-25-11(7(16)5-22-25)6-21-15(27)9-4-12-23-8(13(17)18)3-10(14(19)20)26(12)24-9/h3-5,13-14H,2,6H2,1H3,(H,21,27). The van der Waals surface area contributed by atoms with Crippen molar-refractivity contribution in [2.24, 2.45) is 0 Å². The lowest BCUT2D eigenvalue weighted by molar-refractivity contribution is 0.0943. The first-order valence-corrected chi connectivity index (χ1v) is 8.14. The van der Waals surface area contributed by atoms with Gasteiger partial charge < -0.3 is 5.32 Å². The fourth-order valence-electron chi connectivity index (χ4n) is 2.49. The van der Waals surface area contributed by atoms with Crippen LogP contribution in [0.4, 0.5) is 17.6 Å². The van der Waals surface area contributed by atoms with Crippen LogP contribution in [-0.4, -0.2) is 30.3 Å². The van der Waals surface area contributed by atoms with Gasteiger partial charge in [-0.1, -0.05) is 11.6 Å². The molecule has 3 rings (SSSR count). The van der Waals surface area contributed by atoms with Gasteiger partial charge >= 0.3 is 0 Å². The maximum atomic E-state index is 13.2. The van der Waals surface area contributed by atoms with Crippen molar-refractivity contribution in [1.82, 2.24) is 29.7 Å². The smallest absolute Gasteiger partial charge is 0.280 e. The third kappa shape index (κ3) is 3.72. The van der Waals surface area contributed by atoms with Gasteiger partial charge in [-0.15, -0.1) is 0 Å². The summed E-state index contributed by atoms with van der Waals surface area (Å²) in [6.07, 6.45) is -4.67.